The van der Waals surface area contributed by atoms with E-state index in [1.807, 2.05) is 13.8 Å². The van der Waals surface area contributed by atoms with Gasteiger partial charge in [0.1, 0.15) is 23.4 Å². The van der Waals surface area contributed by atoms with Gasteiger partial charge in [0.25, 0.3) is 5.91 Å². The van der Waals surface area contributed by atoms with Crippen LogP contribution in [0.3, 0.4) is 0 Å². The van der Waals surface area contributed by atoms with Gasteiger partial charge >= 0.3 is 0 Å². The lowest BCUT2D eigenvalue weighted by Gasteiger charge is -2.21. The number of anilines is 1. The molecule has 2 atom stereocenters. The molecule has 1 fully saturated rings. The van der Waals surface area contributed by atoms with Gasteiger partial charge in [-0.2, -0.15) is 0 Å². The number of rotatable bonds is 5. The molecule has 1 amide bonds. The number of nitrogens with one attached hydrogen (secondary N) is 1. The Morgan fingerprint density at radius 1 is 1.29 bits per heavy atom. The Kier molecular flexibility index (Phi) is 5.47. The number of benzene rings is 1. The molecule has 0 spiro atoms. The quantitative estimate of drug-likeness (QED) is 0.793. The van der Waals surface area contributed by atoms with Crippen molar-refractivity contribution in [3.05, 3.63) is 53.6 Å². The fourth-order valence-corrected chi connectivity index (χ4v) is 3.53. The Bertz CT molecular complexity index is 913. The SMILES string of the molecule is COc1cc(F)ccc1[C@@H]1CC(C)(C)O[C@@H]1C(=O)Nc1ccnc(C(C)=O)c1. The number of carbonyl (C=O) groups is 2. The number of ketones is 1. The van der Waals surface area contributed by atoms with Gasteiger partial charge in [-0.1, -0.05) is 6.07 Å². The van der Waals surface area contributed by atoms with Crippen LogP contribution in [0.2, 0.25) is 0 Å². The number of methoxy groups -OCH3 is 1. The maximum Gasteiger partial charge on any atom is 0.254 e. The first-order chi connectivity index (χ1) is 13.2. The summed E-state index contributed by atoms with van der Waals surface area (Å²) >= 11 is 0. The van der Waals surface area contributed by atoms with Gasteiger partial charge in [-0.05, 0) is 38.5 Å². The minimum absolute atomic E-state index is 0.191. The second-order valence-electron chi connectivity index (χ2n) is 7.47. The minimum atomic E-state index is -0.789. The zero-order valence-corrected chi connectivity index (χ0v) is 16.3. The molecule has 0 aliphatic carbocycles. The summed E-state index contributed by atoms with van der Waals surface area (Å²) in [5.74, 6) is -0.870. The third-order valence-corrected chi connectivity index (χ3v) is 4.76. The van der Waals surface area contributed by atoms with E-state index >= 15 is 0 Å². The van der Waals surface area contributed by atoms with Gasteiger partial charge in [-0.3, -0.25) is 14.6 Å². The third kappa shape index (κ3) is 4.20. The number of carbonyl (C=O) groups excluding carboxylic acids is 2. The molecule has 0 bridgehead atoms. The molecule has 1 aromatic carbocycles. The molecule has 148 valence electrons. The minimum Gasteiger partial charge on any atom is -0.496 e. The number of pyridine rings is 1. The standard InChI is InChI=1S/C21H23FN2O4/c1-12(25)17-10-14(7-8-23-17)24-20(26)19-16(11-21(2,3)28-19)15-6-5-13(22)9-18(15)27-4/h5-10,16,19H,11H2,1-4H3,(H,23,24,26)/t16-,19-/m0/s1. The summed E-state index contributed by atoms with van der Waals surface area (Å²) in [6, 6.07) is 7.41. The first-order valence-corrected chi connectivity index (χ1v) is 8.99. The highest BCUT2D eigenvalue weighted by Crippen LogP contribution is 2.44. The molecular weight excluding hydrogens is 363 g/mol. The van der Waals surface area contributed by atoms with Crippen LogP contribution in [0.5, 0.6) is 5.75 Å². The number of nitrogens with zero attached hydrogens (tertiary/aromatic N) is 1. The molecule has 2 heterocycles. The maximum atomic E-state index is 13.6. The highest BCUT2D eigenvalue weighted by molar-refractivity contribution is 5.97. The van der Waals surface area contributed by atoms with E-state index < -0.39 is 17.5 Å². The maximum absolute atomic E-state index is 13.6. The zero-order chi connectivity index (χ0) is 20.5. The van der Waals surface area contributed by atoms with Crippen molar-refractivity contribution in [1.29, 1.82) is 0 Å². The second kappa shape index (κ2) is 7.67. The van der Waals surface area contributed by atoms with Crippen LogP contribution >= 0.6 is 0 Å². The first-order valence-electron chi connectivity index (χ1n) is 8.99. The zero-order valence-electron chi connectivity index (χ0n) is 16.3. The Hall–Kier alpha value is -2.80. The molecule has 6 nitrogen and oxygen atoms in total. The van der Waals surface area contributed by atoms with E-state index in [0.717, 1.165) is 0 Å². The van der Waals surface area contributed by atoms with E-state index in [4.69, 9.17) is 9.47 Å². The molecule has 7 heteroatoms. The van der Waals surface area contributed by atoms with E-state index in [0.29, 0.717) is 23.4 Å². The fraction of sp³-hybridized carbons (Fsp3) is 0.381. The van der Waals surface area contributed by atoms with Crippen LogP contribution < -0.4 is 10.1 Å². The summed E-state index contributed by atoms with van der Waals surface area (Å²) in [6.45, 7) is 5.22. The van der Waals surface area contributed by atoms with E-state index in [1.54, 1.807) is 12.1 Å². The molecule has 1 saturated heterocycles. The molecule has 3 rings (SSSR count). The van der Waals surface area contributed by atoms with Crippen molar-refractivity contribution in [3.63, 3.8) is 0 Å². The summed E-state index contributed by atoms with van der Waals surface area (Å²) < 4.78 is 24.9. The lowest BCUT2D eigenvalue weighted by Crippen LogP contribution is -2.33. The Balaban J connectivity index is 1.89. The van der Waals surface area contributed by atoms with Gasteiger partial charge in [-0.25, -0.2) is 4.39 Å². The summed E-state index contributed by atoms with van der Waals surface area (Å²) in [5, 5.41) is 2.79. The molecule has 1 aromatic heterocycles. The number of hydrogen-bond acceptors (Lipinski definition) is 5. The normalized spacial score (nSPS) is 20.6. The van der Waals surface area contributed by atoms with Crippen molar-refractivity contribution in [2.75, 3.05) is 12.4 Å². The predicted octanol–water partition coefficient (Wildman–Crippen LogP) is 3.72. The number of aromatic nitrogens is 1. The van der Waals surface area contributed by atoms with Gasteiger partial charge in [0, 0.05) is 36.4 Å². The van der Waals surface area contributed by atoms with Crippen LogP contribution in [0.4, 0.5) is 10.1 Å². The van der Waals surface area contributed by atoms with Crippen LogP contribution in [-0.4, -0.2) is 35.5 Å². The first kappa shape index (κ1) is 19.9. The van der Waals surface area contributed by atoms with E-state index in [-0.39, 0.29) is 23.3 Å². The summed E-state index contributed by atoms with van der Waals surface area (Å²) in [5.41, 5.74) is 0.911. The average molecular weight is 386 g/mol. The second-order valence-corrected chi connectivity index (χ2v) is 7.47. The van der Waals surface area contributed by atoms with Crippen molar-refractivity contribution >= 4 is 17.4 Å². The summed E-state index contributed by atoms with van der Waals surface area (Å²) in [6.07, 6.45) is 1.25. The summed E-state index contributed by atoms with van der Waals surface area (Å²) in [4.78, 5) is 28.5. The van der Waals surface area contributed by atoms with Crippen LogP contribution in [0.25, 0.3) is 0 Å². The van der Waals surface area contributed by atoms with E-state index in [2.05, 4.69) is 10.3 Å². The molecular formula is C21H23FN2O4. The summed E-state index contributed by atoms with van der Waals surface area (Å²) in [7, 11) is 1.47. The van der Waals surface area contributed by atoms with Gasteiger partial charge in [0.05, 0.1) is 12.7 Å². The molecule has 1 aliphatic heterocycles. The number of amides is 1. The number of Topliss-reactive ketones (excluding diaryl/α,β-unsaturated/α-hetero) is 1. The number of halogens is 1. The Morgan fingerprint density at radius 2 is 2.04 bits per heavy atom. The van der Waals surface area contributed by atoms with Crippen molar-refractivity contribution < 1.29 is 23.5 Å². The Morgan fingerprint density at radius 3 is 2.71 bits per heavy atom. The topological polar surface area (TPSA) is 77.5 Å². The monoisotopic (exact) mass is 386 g/mol. The van der Waals surface area contributed by atoms with Gasteiger partial charge < -0.3 is 14.8 Å². The van der Waals surface area contributed by atoms with Crippen molar-refractivity contribution in [2.24, 2.45) is 0 Å². The average Bonchev–Trinajstić information content (AvgIpc) is 2.97. The molecule has 2 aromatic rings. The number of hydrogen-bond donors (Lipinski definition) is 1. The smallest absolute Gasteiger partial charge is 0.254 e. The van der Waals surface area contributed by atoms with E-state index in [1.165, 1.54) is 38.4 Å². The number of ether oxygens (including phenoxy) is 2. The molecule has 1 aliphatic rings. The van der Waals surface area contributed by atoms with Crippen LogP contribution in [0.1, 0.15) is 49.2 Å². The van der Waals surface area contributed by atoms with Crippen LogP contribution in [0.15, 0.2) is 36.5 Å². The highest BCUT2D eigenvalue weighted by Gasteiger charge is 2.45. The highest BCUT2D eigenvalue weighted by atomic mass is 19.1. The van der Waals surface area contributed by atoms with Crippen molar-refractivity contribution in [2.45, 2.75) is 44.8 Å². The van der Waals surface area contributed by atoms with Gasteiger partial charge in [0.15, 0.2) is 5.78 Å². The molecule has 0 unspecified atom stereocenters. The third-order valence-electron chi connectivity index (χ3n) is 4.76. The molecule has 28 heavy (non-hydrogen) atoms. The van der Waals surface area contributed by atoms with Crippen LogP contribution in [-0.2, 0) is 9.53 Å². The van der Waals surface area contributed by atoms with Crippen molar-refractivity contribution in [1.82, 2.24) is 4.98 Å². The molecule has 0 radical (unpaired) electrons. The fourth-order valence-electron chi connectivity index (χ4n) is 3.53. The molecule has 0 saturated carbocycles. The van der Waals surface area contributed by atoms with Crippen molar-refractivity contribution in [3.8, 4) is 5.75 Å². The van der Waals surface area contributed by atoms with Gasteiger partial charge in [0.2, 0.25) is 0 Å². The van der Waals surface area contributed by atoms with E-state index in [9.17, 15) is 14.0 Å². The predicted molar refractivity (Wildman–Crippen MR) is 102 cm³/mol. The lowest BCUT2D eigenvalue weighted by atomic mass is 9.87. The Labute approximate surface area is 163 Å². The lowest BCUT2D eigenvalue weighted by molar-refractivity contribution is -0.130. The van der Waals surface area contributed by atoms with Gasteiger partial charge in [-0.15, -0.1) is 0 Å². The largest absolute Gasteiger partial charge is 0.496 e. The van der Waals surface area contributed by atoms with Crippen LogP contribution in [0, 0.1) is 5.82 Å². The molecule has 1 N–H and O–H groups in total.